The van der Waals surface area contributed by atoms with E-state index in [1.165, 1.54) is 0 Å². The molecule has 0 amide bonds. The van der Waals surface area contributed by atoms with Crippen molar-refractivity contribution in [3.63, 3.8) is 0 Å². The summed E-state index contributed by atoms with van der Waals surface area (Å²) in [6.07, 6.45) is 6.53. The number of hydrogen-bond acceptors (Lipinski definition) is 8. The van der Waals surface area contributed by atoms with Gasteiger partial charge in [-0.15, -0.1) is 0 Å². The van der Waals surface area contributed by atoms with Crippen molar-refractivity contribution >= 4 is 17.2 Å². The number of nitrogens with one attached hydrogen (secondary N) is 2. The van der Waals surface area contributed by atoms with E-state index in [2.05, 4.69) is 20.3 Å². The molecule has 3 heterocycles. The largest absolute Gasteiger partial charge is 0.496 e. The molecule has 148 valence electrons. The van der Waals surface area contributed by atoms with Gasteiger partial charge in [-0.05, 0) is 24.3 Å². The fourth-order valence-corrected chi connectivity index (χ4v) is 2.70. The predicted molar refractivity (Wildman–Crippen MR) is 113 cm³/mol. The molecule has 0 saturated heterocycles. The summed E-state index contributed by atoms with van der Waals surface area (Å²) >= 11 is 0. The summed E-state index contributed by atoms with van der Waals surface area (Å²) in [5, 5.41) is 11.8. The van der Waals surface area contributed by atoms with E-state index in [9.17, 15) is 0 Å². The lowest BCUT2D eigenvalue weighted by Crippen LogP contribution is -2.11. The maximum Gasteiger partial charge on any atom is 0.131 e. The fourth-order valence-electron chi connectivity index (χ4n) is 2.70. The molecule has 0 aliphatic heterocycles. The van der Waals surface area contributed by atoms with E-state index in [4.69, 9.17) is 20.6 Å². The van der Waals surface area contributed by atoms with Gasteiger partial charge in [0.05, 0.1) is 42.6 Å². The van der Waals surface area contributed by atoms with Crippen LogP contribution in [-0.4, -0.2) is 48.0 Å². The maximum atomic E-state index is 8.64. The molecule has 0 radical (unpaired) electrons. The molecule has 0 fully saturated rings. The van der Waals surface area contributed by atoms with Gasteiger partial charge in [0.15, 0.2) is 0 Å². The quantitative estimate of drug-likeness (QED) is 0.404. The average Bonchev–Trinajstić information content (AvgIpc) is 2.74. The van der Waals surface area contributed by atoms with Crippen molar-refractivity contribution in [3.8, 4) is 17.0 Å². The Hall–Kier alpha value is -3.52. The van der Waals surface area contributed by atoms with Crippen LogP contribution in [0.5, 0.6) is 5.75 Å². The summed E-state index contributed by atoms with van der Waals surface area (Å²) < 4.78 is 10.4. The maximum absolute atomic E-state index is 8.64. The summed E-state index contributed by atoms with van der Waals surface area (Å²) in [4.78, 5) is 12.8. The van der Waals surface area contributed by atoms with Crippen LogP contribution < -0.4 is 15.8 Å². The SMILES string of the molecule is COCCNc1cc(C(=N)c2cc(-c3cnccc3OC)ncc2N)ccn1.[HH].[HH]. The molecular formula is C20H26N6O2. The second-order valence-electron chi connectivity index (χ2n) is 5.96. The van der Waals surface area contributed by atoms with Gasteiger partial charge in [0.1, 0.15) is 11.6 Å². The molecule has 0 aliphatic carbocycles. The molecule has 28 heavy (non-hydrogen) atoms. The molecule has 4 N–H and O–H groups in total. The van der Waals surface area contributed by atoms with Crippen LogP contribution >= 0.6 is 0 Å². The first-order chi connectivity index (χ1) is 13.6. The minimum absolute atomic E-state index is 0. The van der Waals surface area contributed by atoms with Gasteiger partial charge in [-0.3, -0.25) is 15.4 Å². The van der Waals surface area contributed by atoms with Crippen LogP contribution in [0, 0.1) is 5.41 Å². The van der Waals surface area contributed by atoms with Crippen molar-refractivity contribution in [1.29, 1.82) is 5.41 Å². The normalized spacial score (nSPS) is 10.5. The van der Waals surface area contributed by atoms with Crippen LogP contribution in [-0.2, 0) is 4.74 Å². The number of hydrogen-bond donors (Lipinski definition) is 3. The Balaban J connectivity index is 0.00000225. The second kappa shape index (κ2) is 8.92. The van der Waals surface area contributed by atoms with E-state index in [-0.39, 0.29) is 8.56 Å². The van der Waals surface area contributed by atoms with Crippen LogP contribution in [0.2, 0.25) is 0 Å². The van der Waals surface area contributed by atoms with Gasteiger partial charge in [0, 0.05) is 46.2 Å². The standard InChI is InChI=1S/C20H22N6O2.2H2/c1-27-8-7-25-19-9-13(3-6-24-19)20(22)14-10-17(26-12-16(14)21)15-11-23-5-4-18(15)28-2;;/h3-6,9-12,22H,7-8,21H2,1-2H3,(H,24,25);2*1H. The lowest BCUT2D eigenvalue weighted by molar-refractivity contribution is 0.210. The van der Waals surface area contributed by atoms with E-state index in [0.29, 0.717) is 47.2 Å². The number of methoxy groups -OCH3 is 2. The van der Waals surface area contributed by atoms with Gasteiger partial charge in [-0.2, -0.15) is 0 Å². The van der Waals surface area contributed by atoms with Crippen LogP contribution in [0.3, 0.4) is 0 Å². The molecule has 0 atom stereocenters. The highest BCUT2D eigenvalue weighted by Gasteiger charge is 2.14. The molecule has 0 aliphatic rings. The summed E-state index contributed by atoms with van der Waals surface area (Å²) in [7, 11) is 3.23. The zero-order chi connectivity index (χ0) is 19.9. The van der Waals surface area contributed by atoms with E-state index >= 15 is 0 Å². The third-order valence-electron chi connectivity index (χ3n) is 4.14. The minimum atomic E-state index is 0. The van der Waals surface area contributed by atoms with Crippen molar-refractivity contribution in [2.24, 2.45) is 0 Å². The number of nitrogen functional groups attached to an aromatic ring is 1. The van der Waals surface area contributed by atoms with Crippen LogP contribution in [0.1, 0.15) is 14.0 Å². The monoisotopic (exact) mass is 382 g/mol. The number of nitrogens with two attached hydrogens (primary N) is 1. The van der Waals surface area contributed by atoms with Crippen molar-refractivity contribution in [3.05, 3.63) is 60.2 Å². The number of nitrogens with zero attached hydrogens (tertiary/aromatic N) is 3. The number of anilines is 2. The lowest BCUT2D eigenvalue weighted by Gasteiger charge is -2.12. The number of aromatic nitrogens is 3. The van der Waals surface area contributed by atoms with Crippen molar-refractivity contribution in [2.75, 3.05) is 38.4 Å². The van der Waals surface area contributed by atoms with Crippen LogP contribution in [0.4, 0.5) is 11.5 Å². The zero-order valence-corrected chi connectivity index (χ0v) is 15.8. The lowest BCUT2D eigenvalue weighted by atomic mass is 10.0. The highest BCUT2D eigenvalue weighted by atomic mass is 16.5. The van der Waals surface area contributed by atoms with Crippen molar-refractivity contribution in [2.45, 2.75) is 0 Å². The summed E-state index contributed by atoms with van der Waals surface area (Å²) in [6, 6.07) is 7.12. The minimum Gasteiger partial charge on any atom is -0.496 e. The second-order valence-corrected chi connectivity index (χ2v) is 5.96. The summed E-state index contributed by atoms with van der Waals surface area (Å²) in [5.41, 5.74) is 9.44. The van der Waals surface area contributed by atoms with Crippen molar-refractivity contribution < 1.29 is 12.3 Å². The van der Waals surface area contributed by atoms with Gasteiger partial charge < -0.3 is 20.5 Å². The van der Waals surface area contributed by atoms with E-state index in [1.54, 1.807) is 57.2 Å². The molecule has 3 aromatic heterocycles. The average molecular weight is 382 g/mol. The first kappa shape index (κ1) is 19.2. The molecule has 8 heteroatoms. The molecule has 8 nitrogen and oxygen atoms in total. The Morgan fingerprint density at radius 1 is 1.18 bits per heavy atom. The van der Waals surface area contributed by atoms with Crippen molar-refractivity contribution in [1.82, 2.24) is 15.0 Å². The molecule has 0 aromatic carbocycles. The summed E-state index contributed by atoms with van der Waals surface area (Å²) in [6.45, 7) is 1.19. The van der Waals surface area contributed by atoms with E-state index in [0.717, 1.165) is 5.56 Å². The van der Waals surface area contributed by atoms with Gasteiger partial charge in [-0.1, -0.05) is 0 Å². The highest BCUT2D eigenvalue weighted by Crippen LogP contribution is 2.29. The predicted octanol–water partition coefficient (Wildman–Crippen LogP) is 3.10. The first-order valence-corrected chi connectivity index (χ1v) is 8.66. The van der Waals surface area contributed by atoms with E-state index < -0.39 is 0 Å². The van der Waals surface area contributed by atoms with Crippen LogP contribution in [0.15, 0.2) is 49.1 Å². The first-order valence-electron chi connectivity index (χ1n) is 8.66. The van der Waals surface area contributed by atoms with E-state index in [1.807, 2.05) is 6.07 Å². The molecule has 0 unspecified atom stereocenters. The highest BCUT2D eigenvalue weighted by molar-refractivity contribution is 6.14. The number of rotatable bonds is 8. The van der Waals surface area contributed by atoms with Gasteiger partial charge in [0.25, 0.3) is 0 Å². The van der Waals surface area contributed by atoms with Gasteiger partial charge in [0.2, 0.25) is 0 Å². The van der Waals surface area contributed by atoms with Gasteiger partial charge in [-0.25, -0.2) is 4.98 Å². The Bertz CT molecular complexity index is 987. The number of ether oxygens (including phenoxy) is 2. The molecule has 0 bridgehead atoms. The zero-order valence-electron chi connectivity index (χ0n) is 15.8. The molecule has 0 spiro atoms. The van der Waals surface area contributed by atoms with Crippen LogP contribution in [0.25, 0.3) is 11.3 Å². The number of pyridine rings is 3. The Morgan fingerprint density at radius 2 is 2.04 bits per heavy atom. The molecular weight excluding hydrogens is 356 g/mol. The molecule has 0 saturated carbocycles. The third-order valence-corrected chi connectivity index (χ3v) is 4.14. The fraction of sp³-hybridized carbons (Fsp3) is 0.200. The molecule has 3 aromatic rings. The smallest absolute Gasteiger partial charge is 0.131 e. The third kappa shape index (κ3) is 4.24. The van der Waals surface area contributed by atoms with Gasteiger partial charge >= 0.3 is 0 Å². The molecule has 3 rings (SSSR count). The topological polar surface area (TPSA) is 119 Å². The Labute approximate surface area is 166 Å². The Morgan fingerprint density at radius 3 is 2.82 bits per heavy atom. The Kier molecular flexibility index (Phi) is 6.13. The summed E-state index contributed by atoms with van der Waals surface area (Å²) in [5.74, 6) is 1.32.